The van der Waals surface area contributed by atoms with Crippen LogP contribution in [0.25, 0.3) is 11.2 Å². The molecule has 0 radical (unpaired) electrons. The zero-order valence-electron chi connectivity index (χ0n) is 12.3. The lowest BCUT2D eigenvalue weighted by molar-refractivity contribution is 0.513. The first-order chi connectivity index (χ1) is 10.1. The zero-order valence-corrected chi connectivity index (χ0v) is 12.3. The predicted molar refractivity (Wildman–Crippen MR) is 80.9 cm³/mol. The number of aromatic amines is 2. The van der Waals surface area contributed by atoms with Gasteiger partial charge in [0.2, 0.25) is 5.95 Å². The van der Waals surface area contributed by atoms with Crippen molar-refractivity contribution in [2.45, 2.75) is 20.4 Å². The molecule has 2 aromatic heterocycles. The molecular weight excluding hydrogens is 272 g/mol. The van der Waals surface area contributed by atoms with Gasteiger partial charge in [0.25, 0.3) is 5.56 Å². The molecule has 8 heteroatoms. The number of imidazole rings is 1. The second-order valence-electron chi connectivity index (χ2n) is 5.76. The maximum atomic E-state index is 12.0. The van der Waals surface area contributed by atoms with Crippen LogP contribution in [-0.4, -0.2) is 45.7 Å². The third kappa shape index (κ3) is 2.58. The van der Waals surface area contributed by atoms with Crippen molar-refractivity contribution in [3.63, 3.8) is 0 Å². The highest BCUT2D eigenvalue weighted by Crippen LogP contribution is 2.14. The molecule has 0 spiro atoms. The molecule has 21 heavy (non-hydrogen) atoms. The number of nitrogens with zero attached hydrogens (tertiary/aromatic N) is 3. The summed E-state index contributed by atoms with van der Waals surface area (Å²) in [4.78, 5) is 36.0. The van der Waals surface area contributed by atoms with Gasteiger partial charge in [-0.15, -0.1) is 0 Å². The summed E-state index contributed by atoms with van der Waals surface area (Å²) in [5.41, 5.74) is -0.0155. The Bertz CT molecular complexity index is 750. The molecule has 1 fully saturated rings. The first-order valence-electron chi connectivity index (χ1n) is 7.25. The number of hydrogen-bond donors (Lipinski definition) is 3. The van der Waals surface area contributed by atoms with Gasteiger partial charge in [0.1, 0.15) is 0 Å². The number of anilines is 1. The molecule has 0 saturated carbocycles. The second kappa shape index (κ2) is 5.36. The van der Waals surface area contributed by atoms with Crippen molar-refractivity contribution in [1.82, 2.24) is 24.8 Å². The summed E-state index contributed by atoms with van der Waals surface area (Å²) in [5, 5.41) is 3.27. The Kier molecular flexibility index (Phi) is 3.54. The minimum absolute atomic E-state index is 0.288. The van der Waals surface area contributed by atoms with Crippen LogP contribution >= 0.6 is 0 Å². The number of rotatable bonds is 3. The van der Waals surface area contributed by atoms with Gasteiger partial charge in [0, 0.05) is 32.7 Å². The highest BCUT2D eigenvalue weighted by molar-refractivity contribution is 5.72. The number of nitrogens with one attached hydrogen (secondary N) is 3. The van der Waals surface area contributed by atoms with E-state index in [4.69, 9.17) is 0 Å². The lowest BCUT2D eigenvalue weighted by atomic mass is 10.2. The molecule has 3 heterocycles. The van der Waals surface area contributed by atoms with Crippen LogP contribution in [0, 0.1) is 5.92 Å². The van der Waals surface area contributed by atoms with Gasteiger partial charge in [-0.3, -0.25) is 14.3 Å². The number of piperazine rings is 1. The molecular formula is C13H20N6O2. The van der Waals surface area contributed by atoms with E-state index >= 15 is 0 Å². The highest BCUT2D eigenvalue weighted by Gasteiger charge is 2.18. The Labute approximate surface area is 121 Å². The van der Waals surface area contributed by atoms with E-state index in [1.807, 2.05) is 13.8 Å². The van der Waals surface area contributed by atoms with Gasteiger partial charge in [0.15, 0.2) is 11.2 Å². The standard InChI is InChI=1S/C13H20N6O2/c1-8(2)7-19-10-9(11(20)17-13(19)21)15-12(16-10)18-5-3-14-4-6-18/h8,14H,3-7H2,1-2H3,(H,15,16)(H,17,20,21). The summed E-state index contributed by atoms with van der Waals surface area (Å²) in [6.07, 6.45) is 0. The number of fused-ring (bicyclic) bond motifs is 1. The van der Waals surface area contributed by atoms with Gasteiger partial charge < -0.3 is 15.2 Å². The third-order valence-electron chi connectivity index (χ3n) is 3.58. The molecule has 0 bridgehead atoms. The van der Waals surface area contributed by atoms with Crippen LogP contribution in [0.15, 0.2) is 9.59 Å². The van der Waals surface area contributed by atoms with Crippen LogP contribution in [0.3, 0.4) is 0 Å². The van der Waals surface area contributed by atoms with Crippen molar-refractivity contribution in [3.8, 4) is 0 Å². The van der Waals surface area contributed by atoms with Crippen molar-refractivity contribution in [3.05, 3.63) is 20.8 Å². The van der Waals surface area contributed by atoms with Crippen molar-refractivity contribution in [2.75, 3.05) is 31.1 Å². The summed E-state index contributed by atoms with van der Waals surface area (Å²) in [5.74, 6) is 0.941. The average Bonchev–Trinajstić information content (AvgIpc) is 2.90. The molecule has 0 aliphatic carbocycles. The molecule has 1 aliphatic rings. The molecule has 1 aliphatic heterocycles. The van der Waals surface area contributed by atoms with Crippen molar-refractivity contribution in [1.29, 1.82) is 0 Å². The number of H-pyrrole nitrogens is 2. The van der Waals surface area contributed by atoms with Gasteiger partial charge in [0.05, 0.1) is 0 Å². The first-order valence-corrected chi connectivity index (χ1v) is 7.25. The van der Waals surface area contributed by atoms with E-state index in [1.54, 1.807) is 0 Å². The first kappa shape index (κ1) is 13.9. The molecule has 3 rings (SSSR count). The molecule has 0 aromatic carbocycles. The molecule has 1 saturated heterocycles. The molecule has 2 aromatic rings. The third-order valence-corrected chi connectivity index (χ3v) is 3.58. The van der Waals surface area contributed by atoms with E-state index in [1.165, 1.54) is 4.57 Å². The predicted octanol–water partition coefficient (Wildman–Crippen LogP) is -0.521. The Morgan fingerprint density at radius 2 is 1.90 bits per heavy atom. The minimum Gasteiger partial charge on any atom is -0.340 e. The van der Waals surface area contributed by atoms with E-state index < -0.39 is 11.2 Å². The van der Waals surface area contributed by atoms with E-state index in [0.717, 1.165) is 26.2 Å². The molecule has 3 N–H and O–H groups in total. The molecule has 114 valence electrons. The fourth-order valence-electron chi connectivity index (χ4n) is 2.59. The maximum Gasteiger partial charge on any atom is 0.330 e. The largest absolute Gasteiger partial charge is 0.340 e. The van der Waals surface area contributed by atoms with E-state index in [9.17, 15) is 9.59 Å². The fourth-order valence-corrected chi connectivity index (χ4v) is 2.59. The summed E-state index contributed by atoms with van der Waals surface area (Å²) in [6, 6.07) is 0. The normalized spacial score (nSPS) is 16.0. The summed E-state index contributed by atoms with van der Waals surface area (Å²) < 4.78 is 1.53. The van der Waals surface area contributed by atoms with E-state index in [-0.39, 0.29) is 5.92 Å². The Hall–Kier alpha value is -2.09. The monoisotopic (exact) mass is 292 g/mol. The molecule has 0 unspecified atom stereocenters. The Balaban J connectivity index is 2.12. The van der Waals surface area contributed by atoms with Crippen molar-refractivity contribution in [2.24, 2.45) is 5.92 Å². The van der Waals surface area contributed by atoms with Gasteiger partial charge >= 0.3 is 5.69 Å². The van der Waals surface area contributed by atoms with Crippen LogP contribution in [0.4, 0.5) is 5.95 Å². The van der Waals surface area contributed by atoms with Gasteiger partial charge in [-0.2, -0.15) is 4.98 Å². The van der Waals surface area contributed by atoms with Crippen LogP contribution in [0.5, 0.6) is 0 Å². The quantitative estimate of drug-likeness (QED) is 0.707. The minimum atomic E-state index is -0.413. The summed E-state index contributed by atoms with van der Waals surface area (Å²) >= 11 is 0. The van der Waals surface area contributed by atoms with E-state index in [0.29, 0.717) is 23.7 Å². The van der Waals surface area contributed by atoms with Crippen molar-refractivity contribution < 1.29 is 0 Å². The lowest BCUT2D eigenvalue weighted by Gasteiger charge is -2.26. The van der Waals surface area contributed by atoms with Gasteiger partial charge in [-0.25, -0.2) is 4.79 Å². The Morgan fingerprint density at radius 3 is 2.57 bits per heavy atom. The second-order valence-corrected chi connectivity index (χ2v) is 5.76. The smallest absolute Gasteiger partial charge is 0.330 e. The molecule has 0 amide bonds. The number of hydrogen-bond acceptors (Lipinski definition) is 5. The van der Waals surface area contributed by atoms with Gasteiger partial charge in [-0.1, -0.05) is 13.8 Å². The fraction of sp³-hybridized carbons (Fsp3) is 0.615. The summed E-state index contributed by atoms with van der Waals surface area (Å²) in [6.45, 7) is 7.98. The molecule has 0 atom stereocenters. The maximum absolute atomic E-state index is 12.0. The van der Waals surface area contributed by atoms with Crippen LogP contribution in [0.1, 0.15) is 13.8 Å². The van der Waals surface area contributed by atoms with E-state index in [2.05, 4.69) is 25.2 Å². The number of aromatic nitrogens is 4. The van der Waals surface area contributed by atoms with Crippen LogP contribution < -0.4 is 21.5 Å². The zero-order chi connectivity index (χ0) is 15.0. The highest BCUT2D eigenvalue weighted by atomic mass is 16.2. The SMILES string of the molecule is CC(C)Cn1c(=O)[nH]c(=O)c2[nH]c(N3CCNCC3)nc21. The topological polar surface area (TPSA) is 98.8 Å². The van der Waals surface area contributed by atoms with Crippen LogP contribution in [0.2, 0.25) is 0 Å². The lowest BCUT2D eigenvalue weighted by Crippen LogP contribution is -2.44. The van der Waals surface area contributed by atoms with Crippen molar-refractivity contribution >= 4 is 17.1 Å². The van der Waals surface area contributed by atoms with Crippen LogP contribution in [-0.2, 0) is 6.54 Å². The molecule has 8 nitrogen and oxygen atoms in total. The summed E-state index contributed by atoms with van der Waals surface area (Å²) in [7, 11) is 0. The average molecular weight is 292 g/mol. The Morgan fingerprint density at radius 1 is 1.19 bits per heavy atom. The van der Waals surface area contributed by atoms with Gasteiger partial charge in [-0.05, 0) is 5.92 Å².